The monoisotopic (exact) mass is 331 g/mol. The fourth-order valence-electron chi connectivity index (χ4n) is 3.38. The van der Waals surface area contributed by atoms with E-state index in [1.165, 1.54) is 17.5 Å². The molecule has 2 unspecified atom stereocenters. The average molecular weight is 331 g/mol. The van der Waals surface area contributed by atoms with Crippen LogP contribution in [0.3, 0.4) is 0 Å². The first-order valence-corrected chi connectivity index (χ1v) is 8.64. The first kappa shape index (κ1) is 17.2. The Bertz CT molecular complexity index is 613. The zero-order chi connectivity index (χ0) is 17.2. The molecule has 24 heavy (non-hydrogen) atoms. The number of fused-ring (bicyclic) bond motifs is 1. The number of benzene rings is 1. The molecule has 0 aromatic heterocycles. The van der Waals surface area contributed by atoms with Crippen LogP contribution in [-0.4, -0.2) is 44.1 Å². The van der Waals surface area contributed by atoms with Crippen molar-refractivity contribution < 1.29 is 0 Å². The number of aryl methyl sites for hydroxylation is 2. The second-order valence-electron chi connectivity index (χ2n) is 7.03. The first-order chi connectivity index (χ1) is 11.5. The Labute approximate surface area is 143 Å². The molecule has 0 radical (unpaired) electrons. The number of nitrogens with one attached hydrogen (secondary N) is 3. The van der Waals surface area contributed by atoms with Gasteiger partial charge in [-0.2, -0.15) is 5.43 Å². The van der Waals surface area contributed by atoms with Crippen molar-refractivity contribution in [3.05, 3.63) is 34.9 Å². The van der Waals surface area contributed by atoms with E-state index in [-0.39, 0.29) is 0 Å². The van der Waals surface area contributed by atoms with E-state index in [2.05, 4.69) is 58.4 Å². The molecule has 0 spiro atoms. The highest BCUT2D eigenvalue weighted by atomic mass is 15.6. The van der Waals surface area contributed by atoms with E-state index >= 15 is 0 Å². The molecule has 1 aromatic carbocycles. The normalized spacial score (nSPS) is 26.7. The van der Waals surface area contributed by atoms with Crippen LogP contribution in [0, 0.1) is 0 Å². The summed E-state index contributed by atoms with van der Waals surface area (Å²) in [5, 5.41) is 3.68. The van der Waals surface area contributed by atoms with Gasteiger partial charge in [0.1, 0.15) is 0 Å². The van der Waals surface area contributed by atoms with Crippen LogP contribution in [0.5, 0.6) is 0 Å². The summed E-state index contributed by atoms with van der Waals surface area (Å²) in [6, 6.07) is 6.99. The number of aliphatic imine (C=N–C) groups is 1. The van der Waals surface area contributed by atoms with E-state index in [1.807, 2.05) is 0 Å². The van der Waals surface area contributed by atoms with Gasteiger partial charge in [-0.15, -0.1) is 0 Å². The van der Waals surface area contributed by atoms with Gasteiger partial charge in [0.2, 0.25) is 11.7 Å². The number of guanidine groups is 1. The third-order valence-corrected chi connectivity index (χ3v) is 4.84. The Kier molecular flexibility index (Phi) is 5.05. The summed E-state index contributed by atoms with van der Waals surface area (Å²) in [5.74, 6) is -0.660. The van der Waals surface area contributed by atoms with Gasteiger partial charge in [0.05, 0.1) is 0 Å². The van der Waals surface area contributed by atoms with Crippen LogP contribution in [0.15, 0.2) is 23.2 Å². The van der Waals surface area contributed by atoms with Crippen LogP contribution in [0.1, 0.15) is 29.5 Å². The van der Waals surface area contributed by atoms with Gasteiger partial charge in [-0.25, -0.2) is 4.99 Å². The number of rotatable bonds is 5. The summed E-state index contributed by atoms with van der Waals surface area (Å²) in [6.07, 6.45) is 4.49. The van der Waals surface area contributed by atoms with Crippen molar-refractivity contribution in [2.24, 2.45) is 16.5 Å². The van der Waals surface area contributed by atoms with Gasteiger partial charge < -0.3 is 16.0 Å². The smallest absolute Gasteiger partial charge is 0.209 e. The maximum Gasteiger partial charge on any atom is 0.209 e. The van der Waals surface area contributed by atoms with Gasteiger partial charge in [0.15, 0.2) is 0 Å². The molecule has 0 saturated carbocycles. The molecule has 1 aliphatic carbocycles. The van der Waals surface area contributed by atoms with Crippen LogP contribution in [0.2, 0.25) is 0 Å². The second kappa shape index (κ2) is 7.06. The summed E-state index contributed by atoms with van der Waals surface area (Å²) >= 11 is 0. The van der Waals surface area contributed by atoms with Crippen LogP contribution in [-0.2, 0) is 18.6 Å². The quantitative estimate of drug-likeness (QED) is 0.470. The topological polar surface area (TPSA) is 104 Å². The highest BCUT2D eigenvalue weighted by molar-refractivity contribution is 5.79. The summed E-state index contributed by atoms with van der Waals surface area (Å²) in [6.45, 7) is 2.11. The standard InChI is InChI=1S/C17H29N7/c1-24(2)10-9-20-15-7-4-12-3-6-14(11-13(12)5-8-15)17(19)21-16(18)22-23-17/h3,6,11,15,20,23H,4-5,7-10,19H2,1-2H3,(H3,18,21,22). The molecule has 0 bridgehead atoms. The van der Waals surface area contributed by atoms with Crippen molar-refractivity contribution in [3.63, 3.8) is 0 Å². The predicted molar refractivity (Wildman–Crippen MR) is 97.2 cm³/mol. The van der Waals surface area contributed by atoms with Gasteiger partial charge in [0, 0.05) is 24.7 Å². The van der Waals surface area contributed by atoms with Gasteiger partial charge in [0.25, 0.3) is 0 Å². The minimum Gasteiger partial charge on any atom is -0.369 e. The zero-order valence-electron chi connectivity index (χ0n) is 14.6. The van der Waals surface area contributed by atoms with E-state index in [9.17, 15) is 0 Å². The Morgan fingerprint density at radius 3 is 2.71 bits per heavy atom. The number of likely N-dealkylation sites (N-methyl/N-ethyl adjacent to an activating group) is 1. The van der Waals surface area contributed by atoms with Crippen LogP contribution < -0.4 is 27.6 Å². The lowest BCUT2D eigenvalue weighted by atomic mass is 9.97. The number of hydrazine groups is 1. The van der Waals surface area contributed by atoms with Crippen molar-refractivity contribution in [1.29, 1.82) is 0 Å². The SMILES string of the molecule is CN(C)CCNC1CCc2ccc(C3(N)N=C(N)NN3)cc2CC1. The van der Waals surface area contributed by atoms with Crippen molar-refractivity contribution >= 4 is 5.96 Å². The Morgan fingerprint density at radius 1 is 1.29 bits per heavy atom. The summed E-state index contributed by atoms with van der Waals surface area (Å²) in [4.78, 5) is 6.48. The van der Waals surface area contributed by atoms with Crippen LogP contribution in [0.25, 0.3) is 0 Å². The largest absolute Gasteiger partial charge is 0.369 e. The average Bonchev–Trinajstić information content (AvgIpc) is 2.78. The minimum absolute atomic E-state index is 0.317. The Balaban J connectivity index is 1.67. The van der Waals surface area contributed by atoms with Gasteiger partial charge in [-0.1, -0.05) is 18.2 Å². The molecule has 2 atom stereocenters. The van der Waals surface area contributed by atoms with E-state index in [0.717, 1.165) is 37.9 Å². The molecule has 1 aromatic rings. The van der Waals surface area contributed by atoms with Crippen molar-refractivity contribution in [2.75, 3.05) is 27.2 Å². The number of hydrogen-bond acceptors (Lipinski definition) is 7. The lowest BCUT2D eigenvalue weighted by molar-refractivity contribution is 0.372. The lowest BCUT2D eigenvalue weighted by Crippen LogP contribution is -2.50. The predicted octanol–water partition coefficient (Wildman–Crippen LogP) is -0.423. The fraction of sp³-hybridized carbons (Fsp3) is 0.588. The highest BCUT2D eigenvalue weighted by Gasteiger charge is 2.32. The Morgan fingerprint density at radius 2 is 2.04 bits per heavy atom. The molecule has 7 heteroatoms. The van der Waals surface area contributed by atoms with Gasteiger partial charge in [-0.05, 0) is 50.9 Å². The number of hydrogen-bond donors (Lipinski definition) is 5. The zero-order valence-corrected chi connectivity index (χ0v) is 14.6. The van der Waals surface area contributed by atoms with E-state index in [4.69, 9.17) is 11.5 Å². The van der Waals surface area contributed by atoms with Crippen LogP contribution >= 0.6 is 0 Å². The molecule has 7 nitrogen and oxygen atoms in total. The molecule has 1 heterocycles. The third-order valence-electron chi connectivity index (χ3n) is 4.84. The molecule has 0 saturated heterocycles. The maximum atomic E-state index is 6.31. The molecule has 2 aliphatic rings. The molecule has 132 valence electrons. The van der Waals surface area contributed by atoms with Crippen molar-refractivity contribution in [2.45, 2.75) is 37.5 Å². The molecule has 1 aliphatic heterocycles. The third kappa shape index (κ3) is 3.87. The summed E-state index contributed by atoms with van der Waals surface area (Å²) in [5.41, 5.74) is 21.4. The molecule has 3 rings (SSSR count). The fourth-order valence-corrected chi connectivity index (χ4v) is 3.38. The molecule has 7 N–H and O–H groups in total. The summed E-state index contributed by atoms with van der Waals surface area (Å²) < 4.78 is 0. The van der Waals surface area contributed by atoms with Crippen molar-refractivity contribution in [1.82, 2.24) is 21.1 Å². The molecule has 0 fully saturated rings. The molecule has 0 amide bonds. The highest BCUT2D eigenvalue weighted by Crippen LogP contribution is 2.26. The first-order valence-electron chi connectivity index (χ1n) is 8.64. The number of nitrogens with zero attached hydrogens (tertiary/aromatic N) is 2. The summed E-state index contributed by atoms with van der Waals surface area (Å²) in [7, 11) is 4.21. The van der Waals surface area contributed by atoms with E-state index in [0.29, 0.717) is 12.0 Å². The molecular formula is C17H29N7. The van der Waals surface area contributed by atoms with Gasteiger partial charge >= 0.3 is 0 Å². The van der Waals surface area contributed by atoms with E-state index < -0.39 is 5.79 Å². The molecular weight excluding hydrogens is 302 g/mol. The Hall–Kier alpha value is -1.67. The van der Waals surface area contributed by atoms with Crippen molar-refractivity contribution in [3.8, 4) is 0 Å². The van der Waals surface area contributed by atoms with E-state index in [1.54, 1.807) is 0 Å². The van der Waals surface area contributed by atoms with Gasteiger partial charge in [-0.3, -0.25) is 11.2 Å². The second-order valence-corrected chi connectivity index (χ2v) is 7.03. The van der Waals surface area contributed by atoms with Crippen LogP contribution in [0.4, 0.5) is 0 Å². The lowest BCUT2D eigenvalue weighted by Gasteiger charge is -2.22. The minimum atomic E-state index is -0.977. The maximum absolute atomic E-state index is 6.31. The number of nitrogens with two attached hydrogens (primary N) is 2.